The normalized spacial score (nSPS) is 14.5. The molecule has 3 atom stereocenters. The van der Waals surface area contributed by atoms with Gasteiger partial charge < -0.3 is 28.5 Å². The van der Waals surface area contributed by atoms with Gasteiger partial charge in [0, 0.05) is 12.8 Å². The van der Waals surface area contributed by atoms with Crippen molar-refractivity contribution < 1.29 is 37.3 Å². The first kappa shape index (κ1) is 71.7. The molecule has 0 aromatic carbocycles. The van der Waals surface area contributed by atoms with Crippen LogP contribution in [0, 0.1) is 0 Å². The highest BCUT2D eigenvalue weighted by Gasteiger charge is 2.27. The van der Waals surface area contributed by atoms with Crippen LogP contribution in [0.2, 0.25) is 0 Å². The van der Waals surface area contributed by atoms with Crippen LogP contribution in [0.4, 0.5) is 0 Å². The second kappa shape index (κ2) is 54.0. The van der Waals surface area contributed by atoms with E-state index in [1.165, 1.54) is 96.3 Å². The van der Waals surface area contributed by atoms with Crippen LogP contribution in [-0.4, -0.2) is 69.4 Å². The van der Waals surface area contributed by atoms with Crippen LogP contribution in [0.15, 0.2) is 109 Å². The molecule has 0 aliphatic carbocycles. The predicted molar refractivity (Wildman–Crippen MR) is 320 cm³/mol. The van der Waals surface area contributed by atoms with Gasteiger partial charge in [0.05, 0.1) is 33.8 Å². The number of nitrogens with one attached hydrogen (secondary N) is 1. The molecule has 0 fully saturated rings. The van der Waals surface area contributed by atoms with Crippen molar-refractivity contribution in [2.24, 2.45) is 0 Å². The fourth-order valence-electron chi connectivity index (χ4n) is 8.03. The van der Waals surface area contributed by atoms with Gasteiger partial charge in [0.1, 0.15) is 19.3 Å². The molecule has 10 heteroatoms. The Morgan fingerprint density at radius 1 is 0.480 bits per heavy atom. The van der Waals surface area contributed by atoms with Crippen LogP contribution in [0.5, 0.6) is 0 Å². The molecule has 75 heavy (non-hydrogen) atoms. The SMILES string of the molecule is CC/C=C\C/C=C\C/C=C\C/C=C\C/C=C\CCCC(=O)NC(COP(=O)([O-])OCC[N+](C)(C)C)C(/C=C/CCCCCCCCCCC)OC(=O)CCCCCCCCCC/C=C\C/C=C\C/C=C\CCCCC. The first-order valence-corrected chi connectivity index (χ1v) is 31.7. The molecule has 0 heterocycles. The number of carbonyl (C=O) groups is 2. The Bertz CT molecular complexity index is 1650. The zero-order valence-electron chi connectivity index (χ0n) is 49.0. The Labute approximate surface area is 461 Å². The van der Waals surface area contributed by atoms with Crippen molar-refractivity contribution in [2.45, 2.75) is 251 Å². The number of hydrogen-bond donors (Lipinski definition) is 1. The minimum Gasteiger partial charge on any atom is -0.756 e. The van der Waals surface area contributed by atoms with Gasteiger partial charge in [-0.2, -0.15) is 0 Å². The van der Waals surface area contributed by atoms with Crippen molar-refractivity contribution in [3.63, 3.8) is 0 Å². The van der Waals surface area contributed by atoms with E-state index in [-0.39, 0.29) is 31.3 Å². The Kier molecular flexibility index (Phi) is 51.6. The number of phosphoric ester groups is 1. The predicted octanol–water partition coefficient (Wildman–Crippen LogP) is 17.9. The molecule has 3 unspecified atom stereocenters. The topological polar surface area (TPSA) is 114 Å². The Balaban J connectivity index is 5.34. The Morgan fingerprint density at radius 2 is 0.867 bits per heavy atom. The summed E-state index contributed by atoms with van der Waals surface area (Å²) in [5.41, 5.74) is 0. The van der Waals surface area contributed by atoms with Crippen molar-refractivity contribution in [1.82, 2.24) is 5.32 Å². The van der Waals surface area contributed by atoms with Crippen molar-refractivity contribution in [2.75, 3.05) is 40.9 Å². The van der Waals surface area contributed by atoms with Crippen LogP contribution in [0.25, 0.3) is 0 Å². The average Bonchev–Trinajstić information content (AvgIpc) is 3.37. The number of allylic oxidation sites excluding steroid dienone is 17. The summed E-state index contributed by atoms with van der Waals surface area (Å²) in [5, 5.41) is 2.98. The summed E-state index contributed by atoms with van der Waals surface area (Å²) < 4.78 is 30.2. The maximum atomic E-state index is 13.5. The van der Waals surface area contributed by atoms with E-state index in [0.29, 0.717) is 23.9 Å². The number of ether oxygens (including phenoxy) is 1. The van der Waals surface area contributed by atoms with Crippen molar-refractivity contribution in [1.29, 1.82) is 0 Å². The number of nitrogens with zero attached hydrogens (tertiary/aromatic N) is 1. The first-order valence-electron chi connectivity index (χ1n) is 30.2. The van der Waals surface area contributed by atoms with Gasteiger partial charge in [-0.25, -0.2) is 0 Å². The highest BCUT2D eigenvalue weighted by Crippen LogP contribution is 2.38. The van der Waals surface area contributed by atoms with Gasteiger partial charge in [-0.15, -0.1) is 0 Å². The van der Waals surface area contributed by atoms with E-state index < -0.39 is 26.6 Å². The number of likely N-dealkylation sites (N-methyl/N-ethyl adjacent to an activating group) is 1. The molecule has 0 radical (unpaired) electrons. The summed E-state index contributed by atoms with van der Waals surface area (Å²) in [6, 6.07) is -0.927. The highest BCUT2D eigenvalue weighted by molar-refractivity contribution is 7.45. The largest absolute Gasteiger partial charge is 0.756 e. The van der Waals surface area contributed by atoms with Gasteiger partial charge in [-0.05, 0) is 109 Å². The third-order valence-electron chi connectivity index (χ3n) is 12.7. The molecule has 0 spiro atoms. The molecule has 0 rings (SSSR count). The zero-order valence-corrected chi connectivity index (χ0v) is 49.9. The lowest BCUT2D eigenvalue weighted by Crippen LogP contribution is -2.47. The lowest BCUT2D eigenvalue weighted by Gasteiger charge is -2.30. The first-order chi connectivity index (χ1) is 36.4. The zero-order chi connectivity index (χ0) is 55.0. The summed E-state index contributed by atoms with van der Waals surface area (Å²) >= 11 is 0. The van der Waals surface area contributed by atoms with Crippen LogP contribution < -0.4 is 10.2 Å². The van der Waals surface area contributed by atoms with Crippen LogP contribution >= 0.6 is 7.82 Å². The number of carbonyl (C=O) groups excluding carboxylic acids is 2. The highest BCUT2D eigenvalue weighted by atomic mass is 31.2. The van der Waals surface area contributed by atoms with Crippen molar-refractivity contribution in [3.8, 4) is 0 Å². The molecule has 1 N–H and O–H groups in total. The summed E-state index contributed by atoms with van der Waals surface area (Å²) in [4.78, 5) is 39.9. The summed E-state index contributed by atoms with van der Waals surface area (Å²) in [7, 11) is 1.13. The molecule has 1 amide bonds. The average molecular weight is 1070 g/mol. The lowest BCUT2D eigenvalue weighted by atomic mass is 10.1. The van der Waals surface area contributed by atoms with Gasteiger partial charge in [-0.3, -0.25) is 14.2 Å². The molecule has 0 aromatic heterocycles. The summed E-state index contributed by atoms with van der Waals surface area (Å²) in [5.74, 6) is -0.625. The van der Waals surface area contributed by atoms with E-state index in [1.54, 1.807) is 0 Å². The Morgan fingerprint density at radius 3 is 1.33 bits per heavy atom. The smallest absolute Gasteiger partial charge is 0.306 e. The van der Waals surface area contributed by atoms with Gasteiger partial charge in [0.2, 0.25) is 5.91 Å². The standard InChI is InChI=1S/C65H113N2O7P/c1-7-10-13-16-19-22-25-27-29-31-32-33-34-36-38-40-43-46-49-52-55-58-65(69)74-63(56-53-50-47-44-41-24-21-18-15-12-9-3)62(61-73-75(70,71)72-60-59-67(4,5)6)66-64(68)57-54-51-48-45-42-39-37-35-30-28-26-23-20-17-14-11-8-2/h11,14,19-20,22-23,27-30,32-33,37,39,45,48,53,56,62-63H,7-10,12-13,15-18,21,24-26,31,34-36,38,40-44,46-47,49-52,54-55,57-61H2,1-6H3,(H-,66,68,70,71)/b14-11-,22-19-,23-20-,29-27-,30-28-,33-32-,39-37-,48-45-,56-53+. The van der Waals surface area contributed by atoms with Gasteiger partial charge in [0.15, 0.2) is 0 Å². The number of rotatable bonds is 53. The van der Waals surface area contributed by atoms with Crippen LogP contribution in [-0.2, 0) is 27.9 Å². The molecule has 0 aliphatic heterocycles. The number of phosphoric acid groups is 1. The third-order valence-corrected chi connectivity index (χ3v) is 13.7. The maximum absolute atomic E-state index is 13.5. The summed E-state index contributed by atoms with van der Waals surface area (Å²) in [6.07, 6.45) is 73.5. The maximum Gasteiger partial charge on any atom is 0.306 e. The quantitative estimate of drug-likeness (QED) is 0.0212. The van der Waals surface area contributed by atoms with E-state index in [4.69, 9.17) is 13.8 Å². The van der Waals surface area contributed by atoms with E-state index >= 15 is 0 Å². The number of unbranched alkanes of at least 4 members (excludes halogenated alkanes) is 21. The second-order valence-electron chi connectivity index (χ2n) is 21.1. The lowest BCUT2D eigenvalue weighted by molar-refractivity contribution is -0.870. The van der Waals surface area contributed by atoms with Crippen LogP contribution in [0.1, 0.15) is 239 Å². The molecule has 0 saturated heterocycles. The molecule has 9 nitrogen and oxygen atoms in total. The number of quaternary nitrogens is 1. The van der Waals surface area contributed by atoms with E-state index in [2.05, 4.69) is 123 Å². The molecular weight excluding hydrogens is 952 g/mol. The molecular formula is C65H113N2O7P. The van der Waals surface area contributed by atoms with E-state index in [1.807, 2.05) is 33.3 Å². The fraction of sp³-hybridized carbons (Fsp3) is 0.692. The third kappa shape index (κ3) is 55.2. The summed E-state index contributed by atoms with van der Waals surface area (Å²) in [6.45, 7) is 6.63. The van der Waals surface area contributed by atoms with Crippen molar-refractivity contribution in [3.05, 3.63) is 109 Å². The molecule has 0 aliphatic rings. The van der Waals surface area contributed by atoms with Gasteiger partial charge in [-0.1, -0.05) is 227 Å². The monoisotopic (exact) mass is 1060 g/mol. The molecule has 0 saturated carbocycles. The van der Waals surface area contributed by atoms with E-state index in [0.717, 1.165) is 96.3 Å². The van der Waals surface area contributed by atoms with Gasteiger partial charge in [0.25, 0.3) is 7.82 Å². The second-order valence-corrected chi connectivity index (χ2v) is 22.5. The Hall–Kier alpha value is -3.33. The minimum absolute atomic E-state index is 0.0397. The number of hydrogen-bond acceptors (Lipinski definition) is 7. The van der Waals surface area contributed by atoms with Gasteiger partial charge >= 0.3 is 5.97 Å². The van der Waals surface area contributed by atoms with Crippen molar-refractivity contribution >= 4 is 19.7 Å². The fourth-order valence-corrected chi connectivity index (χ4v) is 8.76. The molecule has 0 bridgehead atoms. The number of amides is 1. The molecule has 0 aromatic rings. The number of esters is 1. The van der Waals surface area contributed by atoms with E-state index in [9.17, 15) is 19.0 Å². The van der Waals surface area contributed by atoms with Crippen LogP contribution in [0.3, 0.4) is 0 Å². The molecule has 430 valence electrons. The minimum atomic E-state index is -4.72.